The van der Waals surface area contributed by atoms with Crippen LogP contribution in [-0.4, -0.2) is 22.2 Å². The molecule has 21 heavy (non-hydrogen) atoms. The SMILES string of the molecule is Fc1ccc(-c2noc(CC3CC4CCC(C3)N4)n2)cc1. The van der Waals surface area contributed by atoms with E-state index in [1.54, 1.807) is 12.1 Å². The molecule has 110 valence electrons. The van der Waals surface area contributed by atoms with Crippen LogP contribution in [0.2, 0.25) is 0 Å². The molecule has 2 bridgehead atoms. The van der Waals surface area contributed by atoms with Crippen LogP contribution in [0.3, 0.4) is 0 Å². The second-order valence-electron chi connectivity index (χ2n) is 6.20. The number of rotatable bonds is 3. The van der Waals surface area contributed by atoms with Crippen LogP contribution in [0.1, 0.15) is 31.6 Å². The Morgan fingerprint density at radius 3 is 2.57 bits per heavy atom. The van der Waals surface area contributed by atoms with Crippen molar-refractivity contribution < 1.29 is 8.91 Å². The van der Waals surface area contributed by atoms with E-state index < -0.39 is 0 Å². The minimum absolute atomic E-state index is 0.257. The van der Waals surface area contributed by atoms with Crippen molar-refractivity contribution in [3.8, 4) is 11.4 Å². The Morgan fingerprint density at radius 2 is 1.86 bits per heavy atom. The number of fused-ring (bicyclic) bond motifs is 2. The molecule has 1 N–H and O–H groups in total. The van der Waals surface area contributed by atoms with Crippen LogP contribution < -0.4 is 5.32 Å². The van der Waals surface area contributed by atoms with Gasteiger partial charge in [-0.3, -0.25) is 0 Å². The lowest BCUT2D eigenvalue weighted by Crippen LogP contribution is -2.38. The Hall–Kier alpha value is -1.75. The van der Waals surface area contributed by atoms with Crippen molar-refractivity contribution in [1.29, 1.82) is 0 Å². The van der Waals surface area contributed by atoms with E-state index in [1.165, 1.54) is 37.8 Å². The smallest absolute Gasteiger partial charge is 0.227 e. The predicted octanol–water partition coefficient (Wildman–Crippen LogP) is 2.95. The van der Waals surface area contributed by atoms with Crippen LogP contribution in [0, 0.1) is 11.7 Å². The highest BCUT2D eigenvalue weighted by atomic mass is 19.1. The van der Waals surface area contributed by atoms with E-state index in [-0.39, 0.29) is 5.82 Å². The van der Waals surface area contributed by atoms with E-state index in [0.29, 0.717) is 29.7 Å². The zero-order chi connectivity index (χ0) is 14.2. The Bertz CT molecular complexity index is 613. The number of aromatic nitrogens is 2. The molecule has 3 heterocycles. The largest absolute Gasteiger partial charge is 0.339 e. The first kappa shape index (κ1) is 13.0. The molecule has 2 fully saturated rings. The van der Waals surface area contributed by atoms with Crippen molar-refractivity contribution in [3.05, 3.63) is 36.0 Å². The first-order valence-corrected chi connectivity index (χ1v) is 7.61. The number of hydrogen-bond acceptors (Lipinski definition) is 4. The summed E-state index contributed by atoms with van der Waals surface area (Å²) in [6.45, 7) is 0. The average molecular weight is 287 g/mol. The lowest BCUT2D eigenvalue weighted by Gasteiger charge is -2.27. The second kappa shape index (κ2) is 5.22. The van der Waals surface area contributed by atoms with Gasteiger partial charge in [0, 0.05) is 24.1 Å². The number of benzene rings is 1. The first-order valence-electron chi connectivity index (χ1n) is 7.61. The van der Waals surface area contributed by atoms with Crippen LogP contribution in [0.25, 0.3) is 11.4 Å². The molecule has 0 spiro atoms. The van der Waals surface area contributed by atoms with E-state index >= 15 is 0 Å². The molecule has 2 aliphatic heterocycles. The van der Waals surface area contributed by atoms with E-state index in [0.717, 1.165) is 12.0 Å². The molecule has 2 aromatic rings. The van der Waals surface area contributed by atoms with Crippen LogP contribution in [-0.2, 0) is 6.42 Å². The molecule has 4 nitrogen and oxygen atoms in total. The third-order valence-corrected chi connectivity index (χ3v) is 4.60. The van der Waals surface area contributed by atoms with Crippen LogP contribution in [0.5, 0.6) is 0 Å². The molecule has 5 heteroatoms. The summed E-state index contributed by atoms with van der Waals surface area (Å²) in [4.78, 5) is 4.45. The lowest BCUT2D eigenvalue weighted by atomic mass is 9.90. The average Bonchev–Trinajstić information content (AvgIpc) is 3.07. The molecular weight excluding hydrogens is 269 g/mol. The van der Waals surface area contributed by atoms with Gasteiger partial charge in [-0.1, -0.05) is 5.16 Å². The minimum Gasteiger partial charge on any atom is -0.339 e. The molecule has 4 rings (SSSR count). The van der Waals surface area contributed by atoms with E-state index in [2.05, 4.69) is 15.5 Å². The van der Waals surface area contributed by atoms with Crippen molar-refractivity contribution in [2.75, 3.05) is 0 Å². The predicted molar refractivity (Wildman–Crippen MR) is 76.1 cm³/mol. The Kier molecular flexibility index (Phi) is 3.22. The maximum absolute atomic E-state index is 12.9. The fourth-order valence-electron chi connectivity index (χ4n) is 3.64. The summed E-state index contributed by atoms with van der Waals surface area (Å²) >= 11 is 0. The molecule has 2 aliphatic rings. The van der Waals surface area contributed by atoms with Gasteiger partial charge in [-0.2, -0.15) is 4.98 Å². The summed E-state index contributed by atoms with van der Waals surface area (Å²) < 4.78 is 18.3. The molecule has 0 saturated carbocycles. The normalized spacial score (nSPS) is 28.0. The van der Waals surface area contributed by atoms with Gasteiger partial charge in [0.2, 0.25) is 11.7 Å². The fraction of sp³-hybridized carbons (Fsp3) is 0.500. The standard InChI is InChI=1S/C16H18FN3O/c17-12-3-1-11(2-4-12)16-19-15(21-20-16)9-10-7-13-5-6-14(8-10)18-13/h1-4,10,13-14,18H,5-9H2. The van der Waals surface area contributed by atoms with Crippen LogP contribution >= 0.6 is 0 Å². The maximum Gasteiger partial charge on any atom is 0.227 e. The summed E-state index contributed by atoms with van der Waals surface area (Å²) in [6.07, 6.45) is 5.84. The van der Waals surface area contributed by atoms with Gasteiger partial charge in [-0.05, 0) is 55.9 Å². The number of piperidine rings is 1. The minimum atomic E-state index is -0.257. The molecule has 1 aromatic heterocycles. The molecule has 2 unspecified atom stereocenters. The Balaban J connectivity index is 1.46. The van der Waals surface area contributed by atoms with Crippen LogP contribution in [0.15, 0.2) is 28.8 Å². The molecule has 2 atom stereocenters. The van der Waals surface area contributed by atoms with Crippen molar-refractivity contribution in [3.63, 3.8) is 0 Å². The third-order valence-electron chi connectivity index (χ3n) is 4.60. The molecule has 0 aliphatic carbocycles. The number of halogens is 1. The van der Waals surface area contributed by atoms with Gasteiger partial charge in [0.25, 0.3) is 0 Å². The summed E-state index contributed by atoms with van der Waals surface area (Å²) in [5, 5.41) is 7.65. The van der Waals surface area contributed by atoms with Gasteiger partial charge >= 0.3 is 0 Å². The van der Waals surface area contributed by atoms with Crippen molar-refractivity contribution >= 4 is 0 Å². The second-order valence-corrected chi connectivity index (χ2v) is 6.20. The van der Waals surface area contributed by atoms with Gasteiger partial charge in [0.15, 0.2) is 0 Å². The molecule has 2 saturated heterocycles. The molecule has 0 radical (unpaired) electrons. The summed E-state index contributed by atoms with van der Waals surface area (Å²) in [5.74, 6) is 1.61. The van der Waals surface area contributed by atoms with Crippen molar-refractivity contribution in [2.24, 2.45) is 5.92 Å². The number of hydrogen-bond donors (Lipinski definition) is 1. The lowest BCUT2D eigenvalue weighted by molar-refractivity contribution is 0.270. The first-order chi connectivity index (χ1) is 10.3. The Morgan fingerprint density at radius 1 is 1.14 bits per heavy atom. The van der Waals surface area contributed by atoms with Gasteiger partial charge in [0.1, 0.15) is 5.82 Å². The van der Waals surface area contributed by atoms with Gasteiger partial charge in [-0.25, -0.2) is 4.39 Å². The van der Waals surface area contributed by atoms with Gasteiger partial charge in [-0.15, -0.1) is 0 Å². The number of nitrogens with one attached hydrogen (secondary N) is 1. The monoisotopic (exact) mass is 287 g/mol. The summed E-state index contributed by atoms with van der Waals surface area (Å²) in [7, 11) is 0. The zero-order valence-electron chi connectivity index (χ0n) is 11.8. The van der Waals surface area contributed by atoms with E-state index in [4.69, 9.17) is 4.52 Å². The molecular formula is C16H18FN3O. The third kappa shape index (κ3) is 2.70. The fourth-order valence-corrected chi connectivity index (χ4v) is 3.64. The van der Waals surface area contributed by atoms with Crippen LogP contribution in [0.4, 0.5) is 4.39 Å². The quantitative estimate of drug-likeness (QED) is 0.943. The van der Waals surface area contributed by atoms with Gasteiger partial charge < -0.3 is 9.84 Å². The molecule has 0 amide bonds. The highest BCUT2D eigenvalue weighted by Gasteiger charge is 2.34. The summed E-state index contributed by atoms with van der Waals surface area (Å²) in [6, 6.07) is 7.52. The topological polar surface area (TPSA) is 51.0 Å². The van der Waals surface area contributed by atoms with E-state index in [9.17, 15) is 4.39 Å². The van der Waals surface area contributed by atoms with E-state index in [1.807, 2.05) is 0 Å². The van der Waals surface area contributed by atoms with Gasteiger partial charge in [0.05, 0.1) is 0 Å². The van der Waals surface area contributed by atoms with Crippen molar-refractivity contribution in [2.45, 2.75) is 44.2 Å². The number of nitrogens with zero attached hydrogens (tertiary/aromatic N) is 2. The summed E-state index contributed by atoms with van der Waals surface area (Å²) in [5.41, 5.74) is 0.789. The highest BCUT2D eigenvalue weighted by Crippen LogP contribution is 2.32. The Labute approximate surface area is 122 Å². The maximum atomic E-state index is 12.9. The molecule has 1 aromatic carbocycles. The zero-order valence-corrected chi connectivity index (χ0v) is 11.8. The van der Waals surface area contributed by atoms with Crippen molar-refractivity contribution in [1.82, 2.24) is 15.5 Å². The highest BCUT2D eigenvalue weighted by molar-refractivity contribution is 5.53.